The first kappa shape index (κ1) is 17.3. The van der Waals surface area contributed by atoms with Crippen LogP contribution in [-0.4, -0.2) is 35.7 Å². The molecular weight excluding hydrogens is 350 g/mol. The Kier molecular flexibility index (Phi) is 6.13. The van der Waals surface area contributed by atoms with E-state index in [-0.39, 0.29) is 11.6 Å². The second-order valence-electron chi connectivity index (χ2n) is 6.37. The zero-order chi connectivity index (χ0) is 15.5. The molecule has 1 atom stereocenters. The van der Waals surface area contributed by atoms with Crippen LogP contribution >= 0.6 is 27.5 Å². The van der Waals surface area contributed by atoms with Crippen LogP contribution in [0.1, 0.15) is 44.1 Å². The molecule has 21 heavy (non-hydrogen) atoms. The summed E-state index contributed by atoms with van der Waals surface area (Å²) in [6.07, 6.45) is 7.31. The van der Waals surface area contributed by atoms with Crippen molar-refractivity contribution in [3.8, 4) is 0 Å². The summed E-state index contributed by atoms with van der Waals surface area (Å²) in [5.74, 6) is 0. The highest BCUT2D eigenvalue weighted by atomic mass is 79.9. The molecule has 0 bridgehead atoms. The lowest BCUT2D eigenvalue weighted by Gasteiger charge is -2.43. The van der Waals surface area contributed by atoms with E-state index in [1.807, 2.05) is 18.2 Å². The van der Waals surface area contributed by atoms with E-state index in [9.17, 15) is 5.11 Å². The summed E-state index contributed by atoms with van der Waals surface area (Å²) in [7, 11) is 4.19. The highest BCUT2D eigenvalue weighted by Gasteiger charge is 2.40. The number of aliphatic hydroxyl groups excluding tert-OH is 1. The van der Waals surface area contributed by atoms with Crippen LogP contribution in [0.2, 0.25) is 5.02 Å². The van der Waals surface area contributed by atoms with Crippen LogP contribution in [0.5, 0.6) is 0 Å². The largest absolute Gasteiger partial charge is 0.391 e. The zero-order valence-corrected chi connectivity index (χ0v) is 15.3. The second-order valence-corrected chi connectivity index (χ2v) is 7.69. The Morgan fingerprint density at radius 3 is 2.38 bits per heavy atom. The number of nitrogens with zero attached hydrogens (tertiary/aromatic N) is 1. The number of aliphatic hydroxyl groups is 1. The third kappa shape index (κ3) is 4.01. The monoisotopic (exact) mass is 373 g/mol. The minimum atomic E-state index is -0.385. The van der Waals surface area contributed by atoms with Gasteiger partial charge in [0.05, 0.1) is 6.10 Å². The molecule has 0 radical (unpaired) electrons. The first-order valence-electron chi connectivity index (χ1n) is 7.75. The number of hydrogen-bond donors (Lipinski definition) is 1. The summed E-state index contributed by atoms with van der Waals surface area (Å²) in [4.78, 5) is 2.23. The number of halogens is 2. The van der Waals surface area contributed by atoms with Crippen molar-refractivity contribution in [1.82, 2.24) is 4.90 Å². The fourth-order valence-corrected chi connectivity index (χ4v) is 4.26. The Labute approximate surface area is 141 Å². The fourth-order valence-electron chi connectivity index (χ4n) is 3.50. The van der Waals surface area contributed by atoms with Gasteiger partial charge in [-0.05, 0) is 44.6 Å². The molecule has 4 heteroatoms. The van der Waals surface area contributed by atoms with Crippen LogP contribution in [0.3, 0.4) is 0 Å². The van der Waals surface area contributed by atoms with Gasteiger partial charge in [0.25, 0.3) is 0 Å². The van der Waals surface area contributed by atoms with Gasteiger partial charge in [0.15, 0.2) is 0 Å². The van der Waals surface area contributed by atoms with E-state index in [1.165, 1.54) is 25.7 Å². The van der Waals surface area contributed by atoms with E-state index in [2.05, 4.69) is 34.9 Å². The maximum atomic E-state index is 11.0. The van der Waals surface area contributed by atoms with Crippen LogP contribution in [0.15, 0.2) is 22.7 Å². The van der Waals surface area contributed by atoms with Gasteiger partial charge < -0.3 is 10.0 Å². The quantitative estimate of drug-likeness (QED) is 0.775. The Hall–Kier alpha value is -0.0900. The summed E-state index contributed by atoms with van der Waals surface area (Å²) in [5.41, 5.74) is 0.908. The molecule has 1 N–H and O–H groups in total. The maximum absolute atomic E-state index is 11.0. The molecule has 1 aliphatic rings. The molecule has 1 saturated carbocycles. The highest BCUT2D eigenvalue weighted by Crippen LogP contribution is 2.36. The molecule has 1 aromatic rings. The first-order valence-corrected chi connectivity index (χ1v) is 8.92. The van der Waals surface area contributed by atoms with Gasteiger partial charge in [0.1, 0.15) is 0 Å². The molecular formula is C17H25BrClNO. The number of rotatable bonds is 4. The van der Waals surface area contributed by atoms with E-state index >= 15 is 0 Å². The van der Waals surface area contributed by atoms with E-state index in [1.54, 1.807) is 0 Å². The smallest absolute Gasteiger partial charge is 0.0764 e. The van der Waals surface area contributed by atoms with Crippen molar-refractivity contribution in [2.45, 2.75) is 56.6 Å². The second kappa shape index (κ2) is 7.45. The van der Waals surface area contributed by atoms with Crippen molar-refractivity contribution in [2.24, 2.45) is 0 Å². The first-order chi connectivity index (χ1) is 9.95. The molecule has 0 amide bonds. The molecule has 1 aromatic carbocycles. The number of benzene rings is 1. The molecule has 118 valence electrons. The van der Waals surface area contributed by atoms with E-state index < -0.39 is 0 Å². The summed E-state index contributed by atoms with van der Waals surface area (Å²) in [5, 5.41) is 11.7. The summed E-state index contributed by atoms with van der Waals surface area (Å²) in [6.45, 7) is 0. The average molecular weight is 375 g/mol. The third-order valence-electron chi connectivity index (χ3n) is 4.91. The van der Waals surface area contributed by atoms with Crippen molar-refractivity contribution in [3.63, 3.8) is 0 Å². The van der Waals surface area contributed by atoms with Crippen LogP contribution < -0.4 is 0 Å². The van der Waals surface area contributed by atoms with Crippen LogP contribution in [-0.2, 0) is 6.42 Å². The minimum absolute atomic E-state index is 0.118. The Morgan fingerprint density at radius 1 is 1.24 bits per heavy atom. The molecule has 1 unspecified atom stereocenters. The lowest BCUT2D eigenvalue weighted by molar-refractivity contribution is -0.0174. The minimum Gasteiger partial charge on any atom is -0.391 e. The molecule has 1 aliphatic carbocycles. The van der Waals surface area contributed by atoms with Crippen molar-refractivity contribution in [3.05, 3.63) is 33.3 Å². The summed E-state index contributed by atoms with van der Waals surface area (Å²) >= 11 is 9.74. The van der Waals surface area contributed by atoms with E-state index in [0.717, 1.165) is 27.9 Å². The third-order valence-corrected chi connectivity index (χ3v) is 5.75. The Bertz CT molecular complexity index is 470. The van der Waals surface area contributed by atoms with Gasteiger partial charge in [-0.2, -0.15) is 0 Å². The predicted octanol–water partition coefficient (Wildman–Crippen LogP) is 4.66. The van der Waals surface area contributed by atoms with Gasteiger partial charge >= 0.3 is 0 Å². The Balaban J connectivity index is 2.20. The molecule has 0 aromatic heterocycles. The van der Waals surface area contributed by atoms with Crippen molar-refractivity contribution in [2.75, 3.05) is 14.1 Å². The van der Waals surface area contributed by atoms with Gasteiger partial charge in [-0.1, -0.05) is 59.3 Å². The molecule has 0 spiro atoms. The molecule has 2 nitrogen and oxygen atoms in total. The maximum Gasteiger partial charge on any atom is 0.0764 e. The molecule has 0 saturated heterocycles. The van der Waals surface area contributed by atoms with Gasteiger partial charge in [-0.3, -0.25) is 0 Å². The highest BCUT2D eigenvalue weighted by molar-refractivity contribution is 9.10. The van der Waals surface area contributed by atoms with Crippen LogP contribution in [0.4, 0.5) is 0 Å². The van der Waals surface area contributed by atoms with Crippen LogP contribution in [0.25, 0.3) is 0 Å². The van der Waals surface area contributed by atoms with Crippen molar-refractivity contribution in [1.29, 1.82) is 0 Å². The number of likely N-dealkylation sites (N-methyl/N-ethyl adjacent to an activating group) is 1. The van der Waals surface area contributed by atoms with Gasteiger partial charge in [-0.15, -0.1) is 0 Å². The normalized spacial score (nSPS) is 20.3. The topological polar surface area (TPSA) is 23.5 Å². The lowest BCUT2D eigenvalue weighted by Crippen LogP contribution is -2.54. The average Bonchev–Trinajstić information content (AvgIpc) is 2.68. The lowest BCUT2D eigenvalue weighted by atomic mass is 9.80. The van der Waals surface area contributed by atoms with E-state index in [0.29, 0.717) is 6.42 Å². The predicted molar refractivity (Wildman–Crippen MR) is 93.0 cm³/mol. The number of hydrogen-bond acceptors (Lipinski definition) is 2. The zero-order valence-electron chi connectivity index (χ0n) is 12.9. The molecule has 2 rings (SSSR count). The van der Waals surface area contributed by atoms with Gasteiger partial charge in [0, 0.05) is 21.5 Å². The van der Waals surface area contributed by atoms with Gasteiger partial charge in [-0.25, -0.2) is 0 Å². The standard InChI is InChI=1S/C17H25BrClNO/c1-20(2)17(9-5-3-4-6-10-17)16(21)11-13-7-8-14(18)12-15(13)19/h7-8,12,16,21H,3-6,9-11H2,1-2H3. The van der Waals surface area contributed by atoms with Crippen molar-refractivity contribution >= 4 is 27.5 Å². The fraction of sp³-hybridized carbons (Fsp3) is 0.647. The van der Waals surface area contributed by atoms with Crippen LogP contribution in [0, 0.1) is 0 Å². The van der Waals surface area contributed by atoms with Gasteiger partial charge in [0.2, 0.25) is 0 Å². The molecule has 0 heterocycles. The summed E-state index contributed by atoms with van der Waals surface area (Å²) in [6, 6.07) is 5.90. The van der Waals surface area contributed by atoms with Crippen molar-refractivity contribution < 1.29 is 5.11 Å². The molecule has 1 fully saturated rings. The Morgan fingerprint density at radius 2 is 1.86 bits per heavy atom. The molecule has 0 aliphatic heterocycles. The summed E-state index contributed by atoms with van der Waals surface area (Å²) < 4.78 is 0.975. The van der Waals surface area contributed by atoms with E-state index in [4.69, 9.17) is 11.6 Å². The SMILES string of the molecule is CN(C)C1(C(O)Cc2ccc(Br)cc2Cl)CCCCCC1.